The molecule has 6 nitrogen and oxygen atoms in total. The molecule has 0 aromatic heterocycles. The summed E-state index contributed by atoms with van der Waals surface area (Å²) in [5, 5.41) is 5.54. The highest BCUT2D eigenvalue weighted by atomic mass is 19.4. The van der Waals surface area contributed by atoms with Crippen molar-refractivity contribution < 1.29 is 27.5 Å². The van der Waals surface area contributed by atoms with Gasteiger partial charge in [0, 0.05) is 31.7 Å². The van der Waals surface area contributed by atoms with Gasteiger partial charge in [0.1, 0.15) is 5.75 Å². The second kappa shape index (κ2) is 8.96. The number of amides is 3. The van der Waals surface area contributed by atoms with Crippen molar-refractivity contribution in [3.05, 3.63) is 24.3 Å². The van der Waals surface area contributed by atoms with Gasteiger partial charge in [0.15, 0.2) is 0 Å². The van der Waals surface area contributed by atoms with Crippen LogP contribution in [-0.4, -0.2) is 42.8 Å². The number of hydrogen-bond donors (Lipinski definition) is 2. The molecule has 1 heterocycles. The number of rotatable bonds is 6. The van der Waals surface area contributed by atoms with Crippen LogP contribution in [0.2, 0.25) is 0 Å². The molecule has 1 fully saturated rings. The number of urea groups is 1. The van der Waals surface area contributed by atoms with Gasteiger partial charge in [0.05, 0.1) is 0 Å². The van der Waals surface area contributed by atoms with Crippen molar-refractivity contribution in [2.24, 2.45) is 11.8 Å². The highest BCUT2D eigenvalue weighted by Gasteiger charge is 2.31. The summed E-state index contributed by atoms with van der Waals surface area (Å²) in [5.74, 6) is 0.145. The Kier molecular flexibility index (Phi) is 6.92. The van der Waals surface area contributed by atoms with Crippen LogP contribution in [0.4, 0.5) is 23.7 Å². The van der Waals surface area contributed by atoms with E-state index in [9.17, 15) is 22.8 Å². The monoisotopic (exact) mass is 387 g/mol. The first-order valence-electron chi connectivity index (χ1n) is 8.81. The van der Waals surface area contributed by atoms with Crippen LogP contribution < -0.4 is 15.4 Å². The lowest BCUT2D eigenvalue weighted by molar-refractivity contribution is -0.274. The molecule has 2 rings (SSSR count). The molecule has 0 aliphatic carbocycles. The molecule has 2 N–H and O–H groups in total. The topological polar surface area (TPSA) is 70.7 Å². The number of alkyl halides is 3. The minimum Gasteiger partial charge on any atom is -0.406 e. The van der Waals surface area contributed by atoms with Gasteiger partial charge in [-0.3, -0.25) is 4.79 Å². The van der Waals surface area contributed by atoms with Crippen LogP contribution in [0.3, 0.4) is 0 Å². The largest absolute Gasteiger partial charge is 0.573 e. The van der Waals surface area contributed by atoms with Crippen LogP contribution in [0, 0.1) is 11.8 Å². The Morgan fingerprint density at radius 1 is 1.26 bits per heavy atom. The third kappa shape index (κ3) is 7.36. The molecule has 0 saturated carbocycles. The van der Waals surface area contributed by atoms with Gasteiger partial charge < -0.3 is 20.3 Å². The fraction of sp³-hybridized carbons (Fsp3) is 0.556. The number of ether oxygens (including phenoxy) is 1. The van der Waals surface area contributed by atoms with E-state index in [1.54, 1.807) is 4.90 Å². The molecule has 9 heteroatoms. The Labute approximate surface area is 156 Å². The predicted octanol–water partition coefficient (Wildman–Crippen LogP) is 3.60. The quantitative estimate of drug-likeness (QED) is 0.784. The van der Waals surface area contributed by atoms with Crippen LogP contribution >= 0.6 is 0 Å². The first-order valence-corrected chi connectivity index (χ1v) is 8.81. The molecule has 0 radical (unpaired) electrons. The van der Waals surface area contributed by atoms with Crippen molar-refractivity contribution in [1.82, 2.24) is 10.2 Å². The zero-order valence-corrected chi connectivity index (χ0v) is 15.3. The summed E-state index contributed by atoms with van der Waals surface area (Å²) in [4.78, 5) is 25.6. The first-order chi connectivity index (χ1) is 12.6. The summed E-state index contributed by atoms with van der Waals surface area (Å²) >= 11 is 0. The zero-order chi connectivity index (χ0) is 20.0. The SMILES string of the molecule is CC(C)CC(=O)NCC1CCN(C(=O)Nc2ccc(OC(F)(F)F)cc2)C1. The molecular weight excluding hydrogens is 363 g/mol. The Morgan fingerprint density at radius 3 is 2.52 bits per heavy atom. The fourth-order valence-corrected chi connectivity index (χ4v) is 2.83. The van der Waals surface area contributed by atoms with Gasteiger partial charge in [-0.1, -0.05) is 13.8 Å². The molecule has 1 aromatic rings. The number of halogens is 3. The van der Waals surface area contributed by atoms with E-state index in [0.29, 0.717) is 37.7 Å². The molecule has 3 amide bonds. The van der Waals surface area contributed by atoms with E-state index in [2.05, 4.69) is 15.4 Å². The number of nitrogens with zero attached hydrogens (tertiary/aromatic N) is 1. The number of carbonyl (C=O) groups is 2. The smallest absolute Gasteiger partial charge is 0.406 e. The summed E-state index contributed by atoms with van der Waals surface area (Å²) in [6.45, 7) is 5.56. The molecule has 0 bridgehead atoms. The van der Waals surface area contributed by atoms with Crippen molar-refractivity contribution in [1.29, 1.82) is 0 Å². The molecule has 0 spiro atoms. The second-order valence-electron chi connectivity index (χ2n) is 7.01. The van der Waals surface area contributed by atoms with Crippen LogP contribution in [0.25, 0.3) is 0 Å². The van der Waals surface area contributed by atoms with Gasteiger partial charge in [-0.2, -0.15) is 0 Å². The van der Waals surface area contributed by atoms with Crippen molar-refractivity contribution in [3.63, 3.8) is 0 Å². The third-order valence-corrected chi connectivity index (χ3v) is 4.09. The molecule has 1 aliphatic heterocycles. The van der Waals surface area contributed by atoms with Gasteiger partial charge in [-0.25, -0.2) is 4.79 Å². The van der Waals surface area contributed by atoms with E-state index < -0.39 is 6.36 Å². The average Bonchev–Trinajstić information content (AvgIpc) is 3.02. The number of anilines is 1. The van der Waals surface area contributed by atoms with Crippen molar-refractivity contribution in [2.75, 3.05) is 25.0 Å². The van der Waals surface area contributed by atoms with Crippen molar-refractivity contribution >= 4 is 17.6 Å². The average molecular weight is 387 g/mol. The Hall–Kier alpha value is -2.45. The molecule has 27 heavy (non-hydrogen) atoms. The lowest BCUT2D eigenvalue weighted by atomic mass is 10.1. The summed E-state index contributed by atoms with van der Waals surface area (Å²) in [7, 11) is 0. The number of benzene rings is 1. The number of hydrogen-bond acceptors (Lipinski definition) is 3. The van der Waals surface area contributed by atoms with Crippen LogP contribution in [0.5, 0.6) is 5.75 Å². The number of likely N-dealkylation sites (tertiary alicyclic amines) is 1. The number of nitrogens with one attached hydrogen (secondary N) is 2. The maximum atomic E-state index is 12.3. The fourth-order valence-electron chi connectivity index (χ4n) is 2.83. The lowest BCUT2D eigenvalue weighted by Crippen LogP contribution is -2.35. The van der Waals surface area contributed by atoms with E-state index in [1.807, 2.05) is 13.8 Å². The first kappa shape index (κ1) is 20.9. The van der Waals surface area contributed by atoms with Crippen LogP contribution in [0.15, 0.2) is 24.3 Å². The van der Waals surface area contributed by atoms with Crippen LogP contribution in [-0.2, 0) is 4.79 Å². The summed E-state index contributed by atoms with van der Waals surface area (Å²) in [5.41, 5.74) is 0.378. The molecular formula is C18H24F3N3O3. The predicted molar refractivity (Wildman–Crippen MR) is 94.3 cm³/mol. The zero-order valence-electron chi connectivity index (χ0n) is 15.3. The van der Waals surface area contributed by atoms with Gasteiger partial charge in [0.2, 0.25) is 5.91 Å². The van der Waals surface area contributed by atoms with Crippen molar-refractivity contribution in [3.8, 4) is 5.75 Å². The van der Waals surface area contributed by atoms with Crippen LogP contribution in [0.1, 0.15) is 26.7 Å². The minimum atomic E-state index is -4.75. The van der Waals surface area contributed by atoms with Gasteiger partial charge >= 0.3 is 12.4 Å². The van der Waals surface area contributed by atoms with Crippen molar-refractivity contribution in [2.45, 2.75) is 33.1 Å². The van der Waals surface area contributed by atoms with Gasteiger partial charge in [-0.15, -0.1) is 13.2 Å². The molecule has 1 aliphatic rings. The Balaban J connectivity index is 1.77. The maximum Gasteiger partial charge on any atom is 0.573 e. The Bertz CT molecular complexity index is 647. The summed E-state index contributed by atoms with van der Waals surface area (Å²) < 4.78 is 40.2. The lowest BCUT2D eigenvalue weighted by Gasteiger charge is -2.18. The Morgan fingerprint density at radius 2 is 1.93 bits per heavy atom. The minimum absolute atomic E-state index is 0.00840. The summed E-state index contributed by atoms with van der Waals surface area (Å²) in [6, 6.07) is 4.65. The van der Waals surface area contributed by atoms with E-state index in [1.165, 1.54) is 12.1 Å². The molecule has 1 saturated heterocycles. The third-order valence-electron chi connectivity index (χ3n) is 4.09. The van der Waals surface area contributed by atoms with E-state index in [0.717, 1.165) is 18.6 Å². The molecule has 1 atom stereocenters. The van der Waals surface area contributed by atoms with Gasteiger partial charge in [-0.05, 0) is 42.5 Å². The maximum absolute atomic E-state index is 12.3. The van der Waals surface area contributed by atoms with E-state index in [-0.39, 0.29) is 23.6 Å². The highest BCUT2D eigenvalue weighted by molar-refractivity contribution is 5.89. The van der Waals surface area contributed by atoms with Gasteiger partial charge in [0.25, 0.3) is 0 Å². The molecule has 1 unspecified atom stereocenters. The molecule has 150 valence electrons. The van der Waals surface area contributed by atoms with E-state index in [4.69, 9.17) is 0 Å². The second-order valence-corrected chi connectivity index (χ2v) is 7.01. The van der Waals surface area contributed by atoms with E-state index >= 15 is 0 Å². The normalized spacial score (nSPS) is 17.1. The highest BCUT2D eigenvalue weighted by Crippen LogP contribution is 2.24. The molecule has 1 aromatic carbocycles. The standard InChI is InChI=1S/C18H24F3N3O3/c1-12(2)9-16(25)22-10-13-7-8-24(11-13)17(26)23-14-3-5-15(6-4-14)27-18(19,20)21/h3-6,12-13H,7-11H2,1-2H3,(H,22,25)(H,23,26). The summed E-state index contributed by atoms with van der Waals surface area (Å²) in [6.07, 6.45) is -3.49. The number of carbonyl (C=O) groups excluding carboxylic acids is 2.